The Morgan fingerprint density at radius 3 is 1.96 bits per heavy atom. The zero-order valence-electron chi connectivity index (χ0n) is 16.1. The number of aromatic hydroxyl groups is 1. The Hall–Kier alpha value is -2.26. The van der Waals surface area contributed by atoms with Crippen LogP contribution in [0, 0.1) is 0 Å². The molecular formula is C21H34O3. The Kier molecular flexibility index (Phi) is 19.0. The zero-order valence-corrected chi connectivity index (χ0v) is 16.1. The predicted octanol–water partition coefficient (Wildman–Crippen LogP) is 5.81. The number of phenolic OH excluding ortho intramolecular Hbond substituents is 1. The molecule has 1 aromatic carbocycles. The Bertz CT molecular complexity index is 518. The van der Waals surface area contributed by atoms with E-state index in [-0.39, 0.29) is 11.5 Å². The van der Waals surface area contributed by atoms with Gasteiger partial charge < -0.3 is 15.3 Å². The van der Waals surface area contributed by atoms with Crippen LogP contribution in [-0.4, -0.2) is 22.4 Å². The SMILES string of the molecule is C=C.C=CCc1cc(O)ccc1/C(C=C(C)C)=C(/C)O.CC.CO. The van der Waals surface area contributed by atoms with Gasteiger partial charge >= 0.3 is 0 Å². The molecule has 3 N–H and O–H groups in total. The fourth-order valence-corrected chi connectivity index (χ4v) is 1.83. The zero-order chi connectivity index (χ0) is 19.7. The van der Waals surface area contributed by atoms with Crippen LogP contribution in [0.25, 0.3) is 5.57 Å². The third-order valence-corrected chi connectivity index (χ3v) is 2.57. The molecule has 0 aliphatic rings. The summed E-state index contributed by atoms with van der Waals surface area (Å²) >= 11 is 0. The fraction of sp³-hybridized carbons (Fsp3) is 0.333. The summed E-state index contributed by atoms with van der Waals surface area (Å²) in [6, 6.07) is 5.16. The molecule has 1 aromatic rings. The second-order valence-electron chi connectivity index (χ2n) is 4.56. The van der Waals surface area contributed by atoms with E-state index in [1.165, 1.54) is 0 Å². The molecule has 136 valence electrons. The van der Waals surface area contributed by atoms with Crippen molar-refractivity contribution in [1.82, 2.24) is 0 Å². The third kappa shape index (κ3) is 10.5. The van der Waals surface area contributed by atoms with Gasteiger partial charge in [-0.15, -0.1) is 19.7 Å². The standard InChI is InChI=1S/C16H20O2.C2H6.C2H4.CH4O/c1-5-6-13-10-14(18)7-8-15(13)16(12(4)17)9-11(2)3;3*1-2/h5,7-10,17-18H,1,6H2,2-4H3;1-2H3;1-2H2;2H,1H3/b16-12-;;;. The average molecular weight is 335 g/mol. The maximum absolute atomic E-state index is 9.82. The highest BCUT2D eigenvalue weighted by molar-refractivity contribution is 5.78. The number of phenols is 1. The van der Waals surface area contributed by atoms with Gasteiger partial charge in [-0.25, -0.2) is 0 Å². The van der Waals surface area contributed by atoms with E-state index in [2.05, 4.69) is 19.7 Å². The number of aliphatic hydroxyl groups is 2. The summed E-state index contributed by atoms with van der Waals surface area (Å²) in [5.41, 5.74) is 3.77. The highest BCUT2D eigenvalue weighted by Crippen LogP contribution is 2.27. The summed E-state index contributed by atoms with van der Waals surface area (Å²) in [5.74, 6) is 0.495. The second kappa shape index (κ2) is 17.1. The first-order valence-electron chi connectivity index (χ1n) is 7.88. The minimum atomic E-state index is 0.225. The van der Waals surface area contributed by atoms with Crippen molar-refractivity contribution in [3.8, 4) is 5.75 Å². The molecule has 0 saturated heterocycles. The maximum atomic E-state index is 9.82. The highest BCUT2D eigenvalue weighted by Gasteiger charge is 2.09. The van der Waals surface area contributed by atoms with Crippen LogP contribution in [0.5, 0.6) is 5.75 Å². The molecule has 3 heteroatoms. The van der Waals surface area contributed by atoms with Crippen molar-refractivity contribution in [1.29, 1.82) is 0 Å². The summed E-state index contributed by atoms with van der Waals surface area (Å²) in [7, 11) is 1.00. The van der Waals surface area contributed by atoms with Crippen molar-refractivity contribution in [2.45, 2.75) is 41.0 Å². The Balaban J connectivity index is -0.000000659. The van der Waals surface area contributed by atoms with Crippen molar-refractivity contribution in [3.05, 3.63) is 72.5 Å². The van der Waals surface area contributed by atoms with E-state index >= 15 is 0 Å². The van der Waals surface area contributed by atoms with Gasteiger partial charge in [-0.2, -0.15) is 0 Å². The molecule has 0 amide bonds. The lowest BCUT2D eigenvalue weighted by Crippen LogP contribution is -1.94. The molecule has 3 nitrogen and oxygen atoms in total. The minimum absolute atomic E-state index is 0.225. The van der Waals surface area contributed by atoms with E-state index in [4.69, 9.17) is 5.11 Å². The normalized spacial score (nSPS) is 9.46. The molecule has 1 rings (SSSR count). The van der Waals surface area contributed by atoms with Crippen LogP contribution in [0.2, 0.25) is 0 Å². The third-order valence-electron chi connectivity index (χ3n) is 2.57. The molecule has 24 heavy (non-hydrogen) atoms. The number of hydrogen-bond donors (Lipinski definition) is 3. The molecule has 0 atom stereocenters. The lowest BCUT2D eigenvalue weighted by molar-refractivity contribution is 0.399. The van der Waals surface area contributed by atoms with E-state index in [0.29, 0.717) is 6.42 Å². The van der Waals surface area contributed by atoms with Gasteiger partial charge in [-0.1, -0.05) is 37.6 Å². The largest absolute Gasteiger partial charge is 0.512 e. The first kappa shape index (κ1) is 26.6. The van der Waals surface area contributed by atoms with Gasteiger partial charge in [0.25, 0.3) is 0 Å². The van der Waals surface area contributed by atoms with Gasteiger partial charge in [-0.05, 0) is 50.5 Å². The van der Waals surface area contributed by atoms with Crippen molar-refractivity contribution in [2.75, 3.05) is 7.11 Å². The number of hydrogen-bond acceptors (Lipinski definition) is 3. The van der Waals surface area contributed by atoms with Crippen LogP contribution in [0.4, 0.5) is 0 Å². The van der Waals surface area contributed by atoms with Gasteiger partial charge in [0.05, 0.1) is 5.76 Å². The molecule has 0 radical (unpaired) electrons. The summed E-state index contributed by atoms with van der Waals surface area (Å²) in [6.07, 6.45) is 4.37. The van der Waals surface area contributed by atoms with Crippen molar-refractivity contribution in [2.24, 2.45) is 0 Å². The Labute approximate surface area is 148 Å². The van der Waals surface area contributed by atoms with Crippen LogP contribution in [0.3, 0.4) is 0 Å². The molecule has 0 aromatic heterocycles. The van der Waals surface area contributed by atoms with Crippen LogP contribution in [-0.2, 0) is 6.42 Å². The summed E-state index contributed by atoms with van der Waals surface area (Å²) < 4.78 is 0. The second-order valence-corrected chi connectivity index (χ2v) is 4.56. The maximum Gasteiger partial charge on any atom is 0.115 e. The summed E-state index contributed by atoms with van der Waals surface area (Å²) in [6.45, 7) is 19.3. The Morgan fingerprint density at radius 1 is 1.08 bits per heavy atom. The first-order valence-corrected chi connectivity index (χ1v) is 7.88. The van der Waals surface area contributed by atoms with Gasteiger partial charge in [0.1, 0.15) is 5.75 Å². The number of rotatable bonds is 4. The van der Waals surface area contributed by atoms with Crippen molar-refractivity contribution in [3.63, 3.8) is 0 Å². The topological polar surface area (TPSA) is 60.7 Å². The highest BCUT2D eigenvalue weighted by atomic mass is 16.3. The van der Waals surface area contributed by atoms with E-state index in [9.17, 15) is 10.2 Å². The first-order chi connectivity index (χ1) is 11.5. The van der Waals surface area contributed by atoms with Crippen LogP contribution in [0.1, 0.15) is 45.7 Å². The quantitative estimate of drug-likeness (QED) is 0.370. The Morgan fingerprint density at radius 2 is 1.58 bits per heavy atom. The summed E-state index contributed by atoms with van der Waals surface area (Å²) in [5, 5.41) is 26.4. The molecule has 0 fully saturated rings. The molecule has 0 aliphatic heterocycles. The fourth-order valence-electron chi connectivity index (χ4n) is 1.83. The van der Waals surface area contributed by atoms with Crippen LogP contribution in [0.15, 0.2) is 61.4 Å². The van der Waals surface area contributed by atoms with Gasteiger partial charge in [-0.3, -0.25) is 0 Å². The molecule has 0 aliphatic carbocycles. The number of benzene rings is 1. The van der Waals surface area contributed by atoms with Gasteiger partial charge in [0.15, 0.2) is 0 Å². The van der Waals surface area contributed by atoms with Crippen molar-refractivity contribution < 1.29 is 15.3 Å². The number of aliphatic hydroxyl groups excluding tert-OH is 2. The van der Waals surface area contributed by atoms with Crippen LogP contribution >= 0.6 is 0 Å². The molecule has 0 saturated carbocycles. The smallest absolute Gasteiger partial charge is 0.115 e. The van der Waals surface area contributed by atoms with Crippen LogP contribution < -0.4 is 0 Å². The predicted molar refractivity (Wildman–Crippen MR) is 107 cm³/mol. The van der Waals surface area contributed by atoms with Crippen molar-refractivity contribution >= 4 is 5.57 Å². The van der Waals surface area contributed by atoms with E-state index in [1.54, 1.807) is 25.1 Å². The monoisotopic (exact) mass is 334 g/mol. The molecule has 0 unspecified atom stereocenters. The molecule has 0 spiro atoms. The van der Waals surface area contributed by atoms with E-state index in [0.717, 1.165) is 29.4 Å². The number of allylic oxidation sites excluding steroid dienone is 5. The molecular weight excluding hydrogens is 300 g/mol. The summed E-state index contributed by atoms with van der Waals surface area (Å²) in [4.78, 5) is 0. The molecule has 0 heterocycles. The van der Waals surface area contributed by atoms with Gasteiger partial charge in [0.2, 0.25) is 0 Å². The van der Waals surface area contributed by atoms with E-state index in [1.807, 2.05) is 39.8 Å². The lowest BCUT2D eigenvalue weighted by Gasteiger charge is -2.11. The molecule has 0 bridgehead atoms. The van der Waals surface area contributed by atoms with Gasteiger partial charge in [0, 0.05) is 12.7 Å². The van der Waals surface area contributed by atoms with E-state index < -0.39 is 0 Å². The average Bonchev–Trinajstić information content (AvgIpc) is 2.59. The minimum Gasteiger partial charge on any atom is -0.512 e. The lowest BCUT2D eigenvalue weighted by atomic mass is 9.95.